The molecule has 0 bridgehead atoms. The first-order valence-corrected chi connectivity index (χ1v) is 6.59. The van der Waals surface area contributed by atoms with E-state index in [1.54, 1.807) is 18.2 Å². The maximum atomic E-state index is 13.1. The van der Waals surface area contributed by atoms with E-state index in [0.717, 1.165) is 0 Å². The lowest BCUT2D eigenvalue weighted by Crippen LogP contribution is -2.15. The smallest absolute Gasteiger partial charge is 0.175 e. The summed E-state index contributed by atoms with van der Waals surface area (Å²) in [5.74, 6) is 0.0319. The maximum absolute atomic E-state index is 13.1. The fourth-order valence-electron chi connectivity index (χ4n) is 1.56. The highest BCUT2D eigenvalue weighted by Crippen LogP contribution is 2.32. The predicted octanol–water partition coefficient (Wildman–Crippen LogP) is 4.13. The van der Waals surface area contributed by atoms with Gasteiger partial charge >= 0.3 is 0 Å². The molecule has 0 fully saturated rings. The Labute approximate surface area is 127 Å². The second-order valence-electron chi connectivity index (χ2n) is 3.78. The highest BCUT2D eigenvalue weighted by Gasteiger charge is 2.14. The fourth-order valence-corrected chi connectivity index (χ4v) is 2.28. The topological polar surface area (TPSA) is 67.8 Å². The summed E-state index contributed by atoms with van der Waals surface area (Å²) in [5.41, 5.74) is 5.99. The lowest BCUT2D eigenvalue weighted by atomic mass is 10.2. The van der Waals surface area contributed by atoms with Crippen molar-refractivity contribution in [2.45, 2.75) is 0 Å². The van der Waals surface area contributed by atoms with E-state index in [-0.39, 0.29) is 10.9 Å². The van der Waals surface area contributed by atoms with Gasteiger partial charge in [0, 0.05) is 10.5 Å². The molecule has 2 rings (SSSR count). The molecule has 104 valence electrons. The van der Waals surface area contributed by atoms with E-state index in [0.29, 0.717) is 21.5 Å². The van der Waals surface area contributed by atoms with Crippen molar-refractivity contribution in [2.75, 3.05) is 0 Å². The molecule has 7 heteroatoms. The number of amidine groups is 1. The van der Waals surface area contributed by atoms with Gasteiger partial charge in [-0.1, -0.05) is 22.8 Å². The SMILES string of the molecule is N/C(=N/O)c1c(Br)cccc1Oc1ccc(F)c(Cl)c1. The third-order valence-electron chi connectivity index (χ3n) is 2.46. The van der Waals surface area contributed by atoms with Crippen molar-refractivity contribution in [1.29, 1.82) is 0 Å². The average molecular weight is 360 g/mol. The minimum atomic E-state index is -0.537. The van der Waals surface area contributed by atoms with Gasteiger partial charge in [-0.15, -0.1) is 0 Å². The van der Waals surface area contributed by atoms with Crippen LogP contribution in [0.5, 0.6) is 11.5 Å². The Balaban J connectivity index is 2.43. The third kappa shape index (κ3) is 3.02. The fraction of sp³-hybridized carbons (Fsp3) is 0. The number of rotatable bonds is 3. The quantitative estimate of drug-likeness (QED) is 0.375. The number of nitrogens with zero attached hydrogens (tertiary/aromatic N) is 1. The molecule has 0 saturated carbocycles. The number of hydrogen-bond acceptors (Lipinski definition) is 3. The zero-order valence-electron chi connectivity index (χ0n) is 9.98. The molecule has 2 aromatic rings. The highest BCUT2D eigenvalue weighted by atomic mass is 79.9. The Bertz CT molecular complexity index is 679. The van der Waals surface area contributed by atoms with E-state index in [9.17, 15) is 4.39 Å². The summed E-state index contributed by atoms with van der Waals surface area (Å²) in [5, 5.41) is 11.7. The van der Waals surface area contributed by atoms with E-state index in [1.807, 2.05) is 0 Å². The number of halogens is 3. The van der Waals surface area contributed by atoms with Crippen LogP contribution in [0.3, 0.4) is 0 Å². The van der Waals surface area contributed by atoms with Crippen LogP contribution >= 0.6 is 27.5 Å². The maximum Gasteiger partial charge on any atom is 0.175 e. The minimum Gasteiger partial charge on any atom is -0.457 e. The van der Waals surface area contributed by atoms with Gasteiger partial charge in [-0.2, -0.15) is 0 Å². The van der Waals surface area contributed by atoms with Gasteiger partial charge < -0.3 is 15.7 Å². The molecule has 20 heavy (non-hydrogen) atoms. The van der Waals surface area contributed by atoms with Crippen LogP contribution in [0.25, 0.3) is 0 Å². The lowest BCUT2D eigenvalue weighted by molar-refractivity contribution is 0.318. The van der Waals surface area contributed by atoms with Crippen LogP contribution in [0, 0.1) is 5.82 Å². The molecule has 0 aliphatic carbocycles. The molecular formula is C13H9BrClFN2O2. The van der Waals surface area contributed by atoms with Crippen molar-refractivity contribution >= 4 is 33.4 Å². The molecule has 4 nitrogen and oxygen atoms in total. The van der Waals surface area contributed by atoms with E-state index in [1.165, 1.54) is 18.2 Å². The number of nitrogens with two attached hydrogens (primary N) is 1. The van der Waals surface area contributed by atoms with Crippen molar-refractivity contribution in [2.24, 2.45) is 10.9 Å². The first-order chi connectivity index (χ1) is 9.52. The van der Waals surface area contributed by atoms with E-state index < -0.39 is 5.82 Å². The number of benzene rings is 2. The molecule has 3 N–H and O–H groups in total. The molecule has 0 heterocycles. The Morgan fingerprint density at radius 3 is 2.75 bits per heavy atom. The summed E-state index contributed by atoms with van der Waals surface area (Å²) in [6.07, 6.45) is 0. The van der Waals surface area contributed by atoms with Crippen LogP contribution in [0.2, 0.25) is 5.02 Å². The van der Waals surface area contributed by atoms with Crippen molar-refractivity contribution < 1.29 is 14.3 Å². The summed E-state index contributed by atoms with van der Waals surface area (Å²) in [4.78, 5) is 0. The molecule has 0 amide bonds. The van der Waals surface area contributed by atoms with Gasteiger partial charge in [0.05, 0.1) is 10.6 Å². The summed E-state index contributed by atoms with van der Waals surface area (Å²) < 4.78 is 19.3. The summed E-state index contributed by atoms with van der Waals surface area (Å²) >= 11 is 8.98. The Kier molecular flexibility index (Phi) is 4.46. The van der Waals surface area contributed by atoms with Crippen LogP contribution in [0.1, 0.15) is 5.56 Å². The van der Waals surface area contributed by atoms with Gasteiger partial charge in [-0.3, -0.25) is 0 Å². The van der Waals surface area contributed by atoms with Gasteiger partial charge in [-0.05, 0) is 40.2 Å². The monoisotopic (exact) mass is 358 g/mol. The molecule has 2 aromatic carbocycles. The van der Waals surface area contributed by atoms with Crippen LogP contribution in [0.4, 0.5) is 4.39 Å². The molecule has 0 unspecified atom stereocenters. The molecule has 0 aliphatic heterocycles. The van der Waals surface area contributed by atoms with Crippen molar-refractivity contribution in [3.63, 3.8) is 0 Å². The van der Waals surface area contributed by atoms with Gasteiger partial charge in [0.25, 0.3) is 0 Å². The number of hydrogen-bond donors (Lipinski definition) is 2. The summed E-state index contributed by atoms with van der Waals surface area (Å²) in [7, 11) is 0. The second-order valence-corrected chi connectivity index (χ2v) is 5.04. The van der Waals surface area contributed by atoms with Crippen molar-refractivity contribution in [3.05, 3.63) is 57.3 Å². The van der Waals surface area contributed by atoms with E-state index >= 15 is 0 Å². The zero-order chi connectivity index (χ0) is 14.7. The van der Waals surface area contributed by atoms with Crippen LogP contribution in [-0.4, -0.2) is 11.0 Å². The van der Waals surface area contributed by atoms with Gasteiger partial charge in [0.2, 0.25) is 0 Å². The van der Waals surface area contributed by atoms with Gasteiger partial charge in [-0.25, -0.2) is 4.39 Å². The Hall–Kier alpha value is -1.79. The molecule has 0 aliphatic rings. The number of oxime groups is 1. The van der Waals surface area contributed by atoms with E-state index in [2.05, 4.69) is 21.1 Å². The zero-order valence-corrected chi connectivity index (χ0v) is 12.3. The summed E-state index contributed by atoms with van der Waals surface area (Å²) in [6.45, 7) is 0. The first kappa shape index (κ1) is 14.6. The predicted molar refractivity (Wildman–Crippen MR) is 78.1 cm³/mol. The van der Waals surface area contributed by atoms with Crippen LogP contribution in [-0.2, 0) is 0 Å². The molecular weight excluding hydrogens is 351 g/mol. The Morgan fingerprint density at radius 1 is 1.35 bits per heavy atom. The standard InChI is InChI=1S/C13H9BrClFN2O2/c14-8-2-1-3-11(12(8)13(17)18-19)20-7-4-5-10(16)9(15)6-7/h1-6,19H,(H2,17,18). The third-order valence-corrected chi connectivity index (χ3v) is 3.41. The highest BCUT2D eigenvalue weighted by molar-refractivity contribution is 9.10. The van der Waals surface area contributed by atoms with Crippen LogP contribution in [0.15, 0.2) is 46.0 Å². The second kappa shape index (κ2) is 6.11. The summed E-state index contributed by atoms with van der Waals surface area (Å²) in [6, 6.07) is 9.04. The molecule has 0 radical (unpaired) electrons. The molecule has 0 atom stereocenters. The van der Waals surface area contributed by atoms with Gasteiger partial charge in [0.1, 0.15) is 17.3 Å². The van der Waals surface area contributed by atoms with E-state index in [4.69, 9.17) is 27.3 Å². The van der Waals surface area contributed by atoms with Crippen molar-refractivity contribution in [1.82, 2.24) is 0 Å². The Morgan fingerprint density at radius 2 is 2.10 bits per heavy atom. The molecule has 0 spiro atoms. The largest absolute Gasteiger partial charge is 0.457 e. The first-order valence-electron chi connectivity index (χ1n) is 5.42. The minimum absolute atomic E-state index is 0.0529. The number of ether oxygens (including phenoxy) is 1. The molecule has 0 aromatic heterocycles. The van der Waals surface area contributed by atoms with Crippen molar-refractivity contribution in [3.8, 4) is 11.5 Å². The van der Waals surface area contributed by atoms with Crippen LogP contribution < -0.4 is 10.5 Å². The van der Waals surface area contributed by atoms with Gasteiger partial charge in [0.15, 0.2) is 5.84 Å². The molecule has 0 saturated heterocycles. The lowest BCUT2D eigenvalue weighted by Gasteiger charge is -2.12. The average Bonchev–Trinajstić information content (AvgIpc) is 2.42. The normalized spacial score (nSPS) is 11.4.